The van der Waals surface area contributed by atoms with Gasteiger partial charge in [-0.15, -0.1) is 4.36 Å². The number of rotatable bonds is 6. The normalized spacial score (nSPS) is 12.9. The third kappa shape index (κ3) is 7.76. The number of carbonyl (C=O) groups excluding carboxylic acids is 2. The summed E-state index contributed by atoms with van der Waals surface area (Å²) in [5.41, 5.74) is -2.74. The molecule has 0 aliphatic rings. The van der Waals surface area contributed by atoms with Gasteiger partial charge in [0, 0.05) is 29.1 Å². The quantitative estimate of drug-likeness (QED) is 0.327. The van der Waals surface area contributed by atoms with E-state index in [0.717, 1.165) is 6.92 Å². The number of methoxy groups -OCH3 is 1. The number of benzene rings is 2. The van der Waals surface area contributed by atoms with Crippen LogP contribution >= 0.6 is 0 Å². The van der Waals surface area contributed by atoms with Gasteiger partial charge in [-0.05, 0) is 63.6 Å². The molecule has 1 N–H and O–H groups in total. The number of anilines is 1. The number of hydrogen-bond acceptors (Lipinski definition) is 8. The van der Waals surface area contributed by atoms with E-state index in [-0.39, 0.29) is 27.6 Å². The number of ether oxygens (including phenoxy) is 3. The molecule has 3 aromatic rings. The predicted octanol–water partition coefficient (Wildman–Crippen LogP) is 6.73. The van der Waals surface area contributed by atoms with E-state index in [2.05, 4.69) is 14.7 Å². The molecule has 222 valence electrons. The third-order valence-electron chi connectivity index (χ3n) is 5.51. The molecule has 0 saturated carbocycles. The molecule has 42 heavy (non-hydrogen) atoms. The summed E-state index contributed by atoms with van der Waals surface area (Å²) in [4.78, 5) is 29.4. The number of hydrogen-bond donors (Lipinski definition) is 1. The van der Waals surface area contributed by atoms with Gasteiger partial charge in [-0.3, -0.25) is 4.79 Å². The van der Waals surface area contributed by atoms with Gasteiger partial charge in [-0.1, -0.05) is 6.07 Å². The van der Waals surface area contributed by atoms with Gasteiger partial charge in [0.1, 0.15) is 11.2 Å². The van der Waals surface area contributed by atoms with Crippen LogP contribution in [0.2, 0.25) is 0 Å². The zero-order valence-electron chi connectivity index (χ0n) is 23.5. The largest absolute Gasteiger partial charge is 0.493 e. The monoisotopic (exact) mass is 604 g/mol. The van der Waals surface area contributed by atoms with Crippen LogP contribution in [0.15, 0.2) is 57.9 Å². The Morgan fingerprint density at radius 2 is 1.79 bits per heavy atom. The first-order chi connectivity index (χ1) is 19.4. The molecule has 0 bridgehead atoms. The van der Waals surface area contributed by atoms with Crippen LogP contribution in [0.25, 0.3) is 0 Å². The second kappa shape index (κ2) is 12.1. The molecule has 0 aliphatic carbocycles. The van der Waals surface area contributed by atoms with Crippen LogP contribution in [0.5, 0.6) is 17.4 Å². The van der Waals surface area contributed by atoms with Crippen LogP contribution in [0.4, 0.5) is 23.7 Å². The summed E-state index contributed by atoms with van der Waals surface area (Å²) in [6, 6.07) is 11.5. The van der Waals surface area contributed by atoms with Crippen molar-refractivity contribution in [2.45, 2.75) is 44.4 Å². The Balaban J connectivity index is 2.04. The van der Waals surface area contributed by atoms with Gasteiger partial charge >= 0.3 is 12.3 Å². The second-order valence-corrected chi connectivity index (χ2v) is 12.2. The Hall–Kier alpha value is -4.64. The fraction of sp³-hybridized carbons (Fsp3) is 0.286. The molecule has 2 amide bonds. The predicted molar refractivity (Wildman–Crippen MR) is 147 cm³/mol. The maximum atomic E-state index is 13.7. The van der Waals surface area contributed by atoms with Crippen molar-refractivity contribution in [3.8, 4) is 23.4 Å². The van der Waals surface area contributed by atoms with Gasteiger partial charge in [-0.25, -0.2) is 14.0 Å². The lowest BCUT2D eigenvalue weighted by Gasteiger charge is -2.18. The Morgan fingerprint density at radius 1 is 1.10 bits per heavy atom. The van der Waals surface area contributed by atoms with E-state index in [0.29, 0.717) is 6.20 Å². The Bertz CT molecular complexity index is 1700. The Kier molecular flexibility index (Phi) is 9.17. The Morgan fingerprint density at radius 3 is 2.38 bits per heavy atom. The number of nitrogens with zero attached hydrogens (tertiary/aromatic N) is 3. The molecule has 14 heteroatoms. The minimum Gasteiger partial charge on any atom is -0.493 e. The molecule has 0 radical (unpaired) electrons. The summed E-state index contributed by atoms with van der Waals surface area (Å²) in [7, 11) is -2.02. The topological polar surface area (TPSA) is 140 Å². The number of halogens is 3. The van der Waals surface area contributed by atoms with Crippen LogP contribution in [0.3, 0.4) is 0 Å². The van der Waals surface area contributed by atoms with Crippen LogP contribution in [-0.4, -0.2) is 40.2 Å². The molecular formula is C28H27F3N4O6S. The van der Waals surface area contributed by atoms with Crippen molar-refractivity contribution in [1.29, 1.82) is 5.26 Å². The summed E-state index contributed by atoms with van der Waals surface area (Å²) >= 11 is 0. The van der Waals surface area contributed by atoms with E-state index >= 15 is 0 Å². The maximum Gasteiger partial charge on any atom is 0.442 e. The molecule has 3 rings (SSSR count). The third-order valence-corrected chi connectivity index (χ3v) is 7.13. The summed E-state index contributed by atoms with van der Waals surface area (Å²) in [5, 5.41) is 11.6. The number of alkyl halides is 3. The Labute approximate surface area is 240 Å². The van der Waals surface area contributed by atoms with E-state index in [9.17, 15) is 27.0 Å². The highest BCUT2D eigenvalue weighted by atomic mass is 32.2. The van der Waals surface area contributed by atoms with Gasteiger partial charge in [-0.2, -0.15) is 18.4 Å². The molecule has 0 unspecified atom stereocenters. The first-order valence-electron chi connectivity index (χ1n) is 12.1. The van der Waals surface area contributed by atoms with Crippen molar-refractivity contribution in [2.24, 2.45) is 4.36 Å². The van der Waals surface area contributed by atoms with E-state index in [1.807, 2.05) is 6.07 Å². The van der Waals surface area contributed by atoms with Gasteiger partial charge in [0.15, 0.2) is 11.5 Å². The molecule has 0 fully saturated rings. The zero-order chi connectivity index (χ0) is 31.5. The first-order valence-corrected chi connectivity index (χ1v) is 14.1. The van der Waals surface area contributed by atoms with Crippen LogP contribution in [0, 0.1) is 18.3 Å². The van der Waals surface area contributed by atoms with Crippen molar-refractivity contribution in [2.75, 3.05) is 18.7 Å². The summed E-state index contributed by atoms with van der Waals surface area (Å²) in [6.07, 6.45) is -4.12. The van der Waals surface area contributed by atoms with Crippen molar-refractivity contribution in [3.05, 3.63) is 70.9 Å². The van der Waals surface area contributed by atoms with Crippen LogP contribution in [0.1, 0.15) is 47.8 Å². The molecule has 1 heterocycles. The minimum atomic E-state index is -4.83. The zero-order valence-corrected chi connectivity index (χ0v) is 24.3. The SMILES string of the molecule is COc1cc(C#N)ccc1Oc1ncc(C(F)(F)F)c(C)c1C(=O)Nc1cccc([S@@](C)(=O)=NC(=O)OC(C)(C)C)c1. The van der Waals surface area contributed by atoms with Gasteiger partial charge in [0.05, 0.1) is 34.0 Å². The maximum absolute atomic E-state index is 13.7. The van der Waals surface area contributed by atoms with Crippen molar-refractivity contribution < 1.29 is 41.2 Å². The average molecular weight is 605 g/mol. The van der Waals surface area contributed by atoms with E-state index < -0.39 is 56.1 Å². The highest BCUT2D eigenvalue weighted by Crippen LogP contribution is 2.38. The van der Waals surface area contributed by atoms with Crippen LogP contribution in [-0.2, 0) is 20.6 Å². The lowest BCUT2D eigenvalue weighted by atomic mass is 10.0. The second-order valence-electron chi connectivity index (χ2n) is 9.91. The molecule has 0 saturated heterocycles. The number of nitriles is 1. The molecule has 10 nitrogen and oxygen atoms in total. The molecule has 0 aliphatic heterocycles. The highest BCUT2D eigenvalue weighted by Gasteiger charge is 2.36. The van der Waals surface area contributed by atoms with Crippen LogP contribution < -0.4 is 14.8 Å². The number of pyridine rings is 1. The lowest BCUT2D eigenvalue weighted by Crippen LogP contribution is -2.22. The lowest BCUT2D eigenvalue weighted by molar-refractivity contribution is -0.138. The smallest absolute Gasteiger partial charge is 0.442 e. The van der Waals surface area contributed by atoms with Gasteiger partial charge < -0.3 is 19.5 Å². The number of amides is 2. The minimum absolute atomic E-state index is 0.00585. The fourth-order valence-corrected chi connectivity index (χ4v) is 4.72. The fourth-order valence-electron chi connectivity index (χ4n) is 3.61. The molecular weight excluding hydrogens is 577 g/mol. The van der Waals surface area contributed by atoms with Gasteiger partial charge in [0.2, 0.25) is 5.88 Å². The summed E-state index contributed by atoms with van der Waals surface area (Å²) in [6.45, 7) is 5.95. The van der Waals surface area contributed by atoms with Crippen molar-refractivity contribution in [3.63, 3.8) is 0 Å². The van der Waals surface area contributed by atoms with E-state index in [1.165, 1.54) is 55.8 Å². The van der Waals surface area contributed by atoms with Gasteiger partial charge in [0.25, 0.3) is 5.91 Å². The number of carbonyl (C=O) groups is 2. The molecule has 2 aromatic carbocycles. The average Bonchev–Trinajstić information content (AvgIpc) is 2.86. The number of nitrogens with one attached hydrogen (secondary N) is 1. The first kappa shape index (κ1) is 31.9. The standard InChI is InChI=1S/C28H27F3N4O6S/c1-16-20(28(29,30)31)15-33-25(40-21-11-10-17(14-32)12-22(21)39-5)23(16)24(36)34-18-8-7-9-19(13-18)42(6,38)35-26(37)41-27(2,3)4/h7-13,15H,1-6H3,(H,34,36)/t42-/m1/s1. The number of aromatic nitrogens is 1. The summed E-state index contributed by atoms with van der Waals surface area (Å²) in [5.74, 6) is -1.40. The molecule has 1 atom stereocenters. The molecule has 0 spiro atoms. The highest BCUT2D eigenvalue weighted by molar-refractivity contribution is 7.93. The van der Waals surface area contributed by atoms with Crippen molar-refractivity contribution >= 4 is 27.4 Å². The van der Waals surface area contributed by atoms with Crippen molar-refractivity contribution in [1.82, 2.24) is 4.98 Å². The van der Waals surface area contributed by atoms with E-state index in [4.69, 9.17) is 19.5 Å². The van der Waals surface area contributed by atoms with E-state index in [1.54, 1.807) is 20.8 Å². The molecule has 1 aromatic heterocycles. The summed E-state index contributed by atoms with van der Waals surface area (Å²) < 4.78 is 74.1.